The van der Waals surface area contributed by atoms with Crippen LogP contribution in [0.1, 0.15) is 36.6 Å². The number of ketones is 1. The van der Waals surface area contributed by atoms with E-state index in [2.05, 4.69) is 15.4 Å². The highest BCUT2D eigenvalue weighted by Gasteiger charge is 2.38. The van der Waals surface area contributed by atoms with E-state index in [-0.39, 0.29) is 11.8 Å². The van der Waals surface area contributed by atoms with Gasteiger partial charge in [0.25, 0.3) is 0 Å². The summed E-state index contributed by atoms with van der Waals surface area (Å²) in [7, 11) is 0. The molecule has 8 heteroatoms. The van der Waals surface area contributed by atoms with Crippen LogP contribution in [-0.4, -0.2) is 20.5 Å². The van der Waals surface area contributed by atoms with E-state index < -0.39 is 0 Å². The number of allylic oxidation sites excluding steroid dienone is 2. The lowest BCUT2D eigenvalue weighted by Gasteiger charge is -2.30. The summed E-state index contributed by atoms with van der Waals surface area (Å²) in [6.45, 7) is 0. The molecule has 0 saturated carbocycles. The van der Waals surface area contributed by atoms with Gasteiger partial charge in [-0.05, 0) is 36.6 Å². The van der Waals surface area contributed by atoms with E-state index in [4.69, 9.17) is 16.0 Å². The highest BCUT2D eigenvalue weighted by Crippen LogP contribution is 2.40. The fraction of sp³-hybridized carbons (Fsp3) is 0.250. The van der Waals surface area contributed by atoms with E-state index in [9.17, 15) is 4.79 Å². The summed E-state index contributed by atoms with van der Waals surface area (Å²) in [4.78, 5) is 17.3. The zero-order valence-electron chi connectivity index (χ0n) is 14.9. The maximum Gasteiger partial charge on any atom is 0.227 e. The number of nitrogens with zero attached hydrogens (tertiary/aromatic N) is 3. The summed E-state index contributed by atoms with van der Waals surface area (Å²) in [5.74, 6) is 2.14. The normalized spacial score (nSPS) is 18.6. The van der Waals surface area contributed by atoms with Crippen LogP contribution in [0.5, 0.6) is 0 Å². The van der Waals surface area contributed by atoms with Crippen LogP contribution in [0.25, 0.3) is 0 Å². The van der Waals surface area contributed by atoms with Gasteiger partial charge in [-0.15, -0.1) is 5.10 Å². The van der Waals surface area contributed by atoms with Crippen molar-refractivity contribution in [2.75, 3.05) is 5.32 Å². The van der Waals surface area contributed by atoms with Crippen molar-refractivity contribution in [1.29, 1.82) is 0 Å². The summed E-state index contributed by atoms with van der Waals surface area (Å²) < 4.78 is 7.41. The highest BCUT2D eigenvalue weighted by molar-refractivity contribution is 7.98. The average molecular weight is 413 g/mol. The zero-order chi connectivity index (χ0) is 19.1. The van der Waals surface area contributed by atoms with Gasteiger partial charge < -0.3 is 9.73 Å². The molecule has 28 heavy (non-hydrogen) atoms. The van der Waals surface area contributed by atoms with Gasteiger partial charge in [-0.2, -0.15) is 4.98 Å². The van der Waals surface area contributed by atoms with Crippen LogP contribution in [0.4, 0.5) is 5.95 Å². The maximum absolute atomic E-state index is 12.7. The van der Waals surface area contributed by atoms with Gasteiger partial charge in [0.05, 0.1) is 6.26 Å². The number of nitrogens with one attached hydrogen (secondary N) is 1. The Morgan fingerprint density at radius 3 is 2.96 bits per heavy atom. The van der Waals surface area contributed by atoms with Crippen molar-refractivity contribution in [3.63, 3.8) is 0 Å². The Bertz CT molecular complexity index is 1070. The van der Waals surface area contributed by atoms with Crippen molar-refractivity contribution in [2.45, 2.75) is 36.2 Å². The number of rotatable bonds is 4. The van der Waals surface area contributed by atoms with Gasteiger partial charge in [0, 0.05) is 28.5 Å². The number of anilines is 1. The number of fused-ring (bicyclic) bond motifs is 1. The Balaban J connectivity index is 1.49. The van der Waals surface area contributed by atoms with Crippen LogP contribution in [0.3, 0.4) is 0 Å². The smallest absolute Gasteiger partial charge is 0.227 e. The molecular weight excluding hydrogens is 396 g/mol. The van der Waals surface area contributed by atoms with Crippen LogP contribution in [0.2, 0.25) is 5.02 Å². The molecule has 0 fully saturated rings. The number of carbonyl (C=O) groups excluding carboxylic acids is 1. The number of halogens is 1. The van der Waals surface area contributed by atoms with E-state index in [1.807, 2.05) is 36.4 Å². The summed E-state index contributed by atoms with van der Waals surface area (Å²) in [6, 6.07) is 11.1. The first-order valence-electron chi connectivity index (χ1n) is 9.10. The lowest BCUT2D eigenvalue weighted by atomic mass is 9.88. The Labute approximate surface area is 171 Å². The number of furan rings is 1. The molecular formula is C20H17ClN4O2S. The molecule has 6 nitrogen and oxygen atoms in total. The van der Waals surface area contributed by atoms with Crippen LogP contribution in [0.15, 0.2) is 63.5 Å². The Morgan fingerprint density at radius 2 is 2.14 bits per heavy atom. The van der Waals surface area contributed by atoms with Crippen LogP contribution in [-0.2, 0) is 10.5 Å². The number of Topliss-reactive ketones (excluding diaryl/α,β-unsaturated/α-hetero) is 1. The van der Waals surface area contributed by atoms with Crippen LogP contribution in [0, 0.1) is 0 Å². The second-order valence-electron chi connectivity index (χ2n) is 6.75. The van der Waals surface area contributed by atoms with Crippen LogP contribution >= 0.6 is 23.4 Å². The number of carbonyl (C=O) groups is 1. The predicted octanol–water partition coefficient (Wildman–Crippen LogP) is 4.84. The average Bonchev–Trinajstić information content (AvgIpc) is 3.35. The van der Waals surface area contributed by atoms with Gasteiger partial charge in [0.15, 0.2) is 5.78 Å². The predicted molar refractivity (Wildman–Crippen MR) is 107 cm³/mol. The minimum absolute atomic E-state index is 0.140. The lowest BCUT2D eigenvalue weighted by molar-refractivity contribution is -0.116. The topological polar surface area (TPSA) is 73.0 Å². The SMILES string of the molecule is O=C1CCCC2=C1[C@H](c1ccco1)n1nc(SCc3ccccc3Cl)nc1N2. The third kappa shape index (κ3) is 3.04. The van der Waals surface area contributed by atoms with Crippen molar-refractivity contribution >= 4 is 35.1 Å². The standard InChI is InChI=1S/C20H17ClN4O2S/c21-13-6-2-1-5-12(13)11-28-20-23-19-22-14-7-3-8-15(26)17(14)18(25(19)24-20)16-9-4-10-27-16/h1-2,4-6,9-10,18H,3,7-8,11H2,(H,22,23,24)/t18-/m0/s1. The molecule has 1 atom stereocenters. The first kappa shape index (κ1) is 17.6. The number of hydrogen-bond donors (Lipinski definition) is 1. The largest absolute Gasteiger partial charge is 0.467 e. The molecule has 1 N–H and O–H groups in total. The number of hydrogen-bond acceptors (Lipinski definition) is 6. The highest BCUT2D eigenvalue weighted by atomic mass is 35.5. The third-order valence-corrected chi connectivity index (χ3v) is 6.23. The van der Waals surface area contributed by atoms with Crippen molar-refractivity contribution in [1.82, 2.24) is 14.8 Å². The molecule has 0 radical (unpaired) electrons. The second-order valence-corrected chi connectivity index (χ2v) is 8.10. The van der Waals surface area contributed by atoms with Gasteiger partial charge in [0.1, 0.15) is 11.8 Å². The molecule has 1 aliphatic carbocycles. The fourth-order valence-electron chi connectivity index (χ4n) is 3.67. The molecule has 3 heterocycles. The molecule has 0 bridgehead atoms. The monoisotopic (exact) mass is 412 g/mol. The van der Waals surface area contributed by atoms with Crippen molar-refractivity contribution in [2.24, 2.45) is 0 Å². The van der Waals surface area contributed by atoms with Gasteiger partial charge >= 0.3 is 0 Å². The Kier molecular flexibility index (Phi) is 4.49. The van der Waals surface area contributed by atoms with E-state index in [1.165, 1.54) is 11.8 Å². The van der Waals surface area contributed by atoms with Gasteiger partial charge in [-0.3, -0.25) is 4.79 Å². The van der Waals surface area contributed by atoms with Crippen LogP contribution < -0.4 is 5.32 Å². The third-order valence-electron chi connectivity index (χ3n) is 4.98. The molecule has 5 rings (SSSR count). The summed E-state index contributed by atoms with van der Waals surface area (Å²) >= 11 is 7.77. The molecule has 2 aromatic heterocycles. The molecule has 3 aromatic rings. The van der Waals surface area contributed by atoms with E-state index in [0.717, 1.165) is 34.7 Å². The lowest BCUT2D eigenvalue weighted by Crippen LogP contribution is -2.31. The summed E-state index contributed by atoms with van der Waals surface area (Å²) in [6.07, 6.45) is 3.84. The molecule has 142 valence electrons. The van der Waals surface area contributed by atoms with Crippen molar-refractivity contribution in [3.05, 3.63) is 70.3 Å². The Hall–Kier alpha value is -2.51. The first-order valence-corrected chi connectivity index (χ1v) is 10.5. The molecule has 2 aliphatic rings. The minimum Gasteiger partial charge on any atom is -0.467 e. The van der Waals surface area contributed by atoms with E-state index in [0.29, 0.717) is 29.0 Å². The first-order chi connectivity index (χ1) is 13.7. The fourth-order valence-corrected chi connectivity index (χ4v) is 4.78. The summed E-state index contributed by atoms with van der Waals surface area (Å²) in [5, 5.41) is 9.35. The molecule has 0 saturated heterocycles. The molecule has 1 aromatic carbocycles. The minimum atomic E-state index is -0.379. The van der Waals surface area contributed by atoms with Gasteiger partial charge in [-0.1, -0.05) is 41.6 Å². The second kappa shape index (κ2) is 7.14. The number of benzene rings is 1. The van der Waals surface area contributed by atoms with E-state index in [1.54, 1.807) is 10.9 Å². The van der Waals surface area contributed by atoms with Gasteiger partial charge in [-0.25, -0.2) is 4.68 Å². The summed E-state index contributed by atoms with van der Waals surface area (Å²) in [5.41, 5.74) is 2.70. The number of aromatic nitrogens is 3. The molecule has 0 unspecified atom stereocenters. The Morgan fingerprint density at radius 1 is 1.25 bits per heavy atom. The van der Waals surface area contributed by atoms with Crippen molar-refractivity contribution < 1.29 is 9.21 Å². The maximum atomic E-state index is 12.7. The molecule has 0 amide bonds. The molecule has 0 spiro atoms. The van der Waals surface area contributed by atoms with E-state index >= 15 is 0 Å². The number of thioether (sulfide) groups is 1. The zero-order valence-corrected chi connectivity index (χ0v) is 16.5. The van der Waals surface area contributed by atoms with Crippen molar-refractivity contribution in [3.8, 4) is 0 Å². The quantitative estimate of drug-likeness (QED) is 0.618. The molecule has 1 aliphatic heterocycles. The van der Waals surface area contributed by atoms with Gasteiger partial charge in [0.2, 0.25) is 11.1 Å².